The third-order valence-corrected chi connectivity index (χ3v) is 4.85. The van der Waals surface area contributed by atoms with E-state index in [1.807, 2.05) is 17.9 Å². The van der Waals surface area contributed by atoms with E-state index in [4.69, 9.17) is 22.1 Å². The Morgan fingerprint density at radius 1 is 1.04 bits per heavy atom. The van der Waals surface area contributed by atoms with E-state index in [2.05, 4.69) is 11.5 Å². The van der Waals surface area contributed by atoms with Gasteiger partial charge in [-0.3, -0.25) is 9.11 Å². The van der Waals surface area contributed by atoms with Gasteiger partial charge in [0.2, 0.25) is 16.7 Å². The SMILES string of the molecule is CCCCCCCC[n+]1cn(C)c2cc(S(=O)(=O)O)ccc21.O=S(=O)([O-])O. The number of hydrogen-bond acceptors (Lipinski definition) is 5. The molecule has 1 heterocycles. The van der Waals surface area contributed by atoms with Gasteiger partial charge in [0, 0.05) is 6.07 Å². The third kappa shape index (κ3) is 8.80. The maximum absolute atomic E-state index is 11.2. The molecule has 1 aromatic carbocycles. The number of aryl methyl sites for hydroxylation is 2. The number of benzene rings is 1. The Labute approximate surface area is 160 Å². The Kier molecular flexibility index (Phi) is 8.82. The molecule has 0 amide bonds. The molecule has 2 N–H and O–H groups in total. The van der Waals surface area contributed by atoms with Gasteiger partial charge in [-0.1, -0.05) is 32.6 Å². The van der Waals surface area contributed by atoms with E-state index in [1.54, 1.807) is 6.07 Å². The normalized spacial score (nSPS) is 12.0. The zero-order valence-electron chi connectivity index (χ0n) is 15.4. The second-order valence-electron chi connectivity index (χ2n) is 6.24. The van der Waals surface area contributed by atoms with E-state index in [9.17, 15) is 8.42 Å². The molecule has 9 nitrogen and oxygen atoms in total. The predicted molar refractivity (Wildman–Crippen MR) is 98.6 cm³/mol. The van der Waals surface area contributed by atoms with Crippen molar-refractivity contribution in [3.63, 3.8) is 0 Å². The van der Waals surface area contributed by atoms with E-state index in [0.717, 1.165) is 24.0 Å². The molecule has 0 spiro atoms. The maximum Gasteiger partial charge on any atom is 0.294 e. The van der Waals surface area contributed by atoms with Crippen LogP contribution in [0.1, 0.15) is 45.4 Å². The van der Waals surface area contributed by atoms with Crippen LogP contribution in [0.3, 0.4) is 0 Å². The average Bonchev–Trinajstić information content (AvgIpc) is 2.84. The lowest BCUT2D eigenvalue weighted by atomic mass is 10.1. The number of rotatable bonds is 8. The van der Waals surface area contributed by atoms with Gasteiger partial charge in [-0.25, -0.2) is 17.6 Å². The first-order valence-corrected chi connectivity index (χ1v) is 11.4. The van der Waals surface area contributed by atoms with Crippen molar-refractivity contribution in [3.05, 3.63) is 24.5 Å². The molecule has 0 aliphatic rings. The van der Waals surface area contributed by atoms with Crippen molar-refractivity contribution in [2.75, 3.05) is 0 Å². The van der Waals surface area contributed by atoms with Crippen LogP contribution in [0.15, 0.2) is 29.4 Å². The van der Waals surface area contributed by atoms with Gasteiger partial charge in [0.25, 0.3) is 10.1 Å². The highest BCUT2D eigenvalue weighted by Crippen LogP contribution is 2.17. The second-order valence-corrected chi connectivity index (χ2v) is 8.52. The van der Waals surface area contributed by atoms with Gasteiger partial charge >= 0.3 is 0 Å². The summed E-state index contributed by atoms with van der Waals surface area (Å²) in [5, 5.41) is 0. The van der Waals surface area contributed by atoms with Crippen LogP contribution < -0.4 is 4.57 Å². The van der Waals surface area contributed by atoms with Crippen molar-refractivity contribution in [1.29, 1.82) is 0 Å². The van der Waals surface area contributed by atoms with Gasteiger partial charge in [-0.15, -0.1) is 0 Å². The zero-order chi connectivity index (χ0) is 20.7. The lowest BCUT2D eigenvalue weighted by Crippen LogP contribution is -2.32. The summed E-state index contributed by atoms with van der Waals surface area (Å²) in [5.74, 6) is 0. The fourth-order valence-corrected chi connectivity index (χ4v) is 3.26. The number of hydrogen-bond donors (Lipinski definition) is 2. The second kappa shape index (κ2) is 10.1. The fraction of sp³-hybridized carbons (Fsp3) is 0.562. The fourth-order valence-electron chi connectivity index (χ4n) is 2.76. The maximum atomic E-state index is 11.2. The quantitative estimate of drug-likeness (QED) is 0.287. The van der Waals surface area contributed by atoms with Crippen LogP contribution in [0.5, 0.6) is 0 Å². The Morgan fingerprint density at radius 2 is 1.59 bits per heavy atom. The minimum absolute atomic E-state index is 0.0621. The molecule has 11 heteroatoms. The zero-order valence-corrected chi connectivity index (χ0v) is 17.0. The molecule has 2 rings (SSSR count). The van der Waals surface area contributed by atoms with Crippen LogP contribution in [0, 0.1) is 0 Å². The van der Waals surface area contributed by atoms with Gasteiger partial charge in [0.15, 0.2) is 11.0 Å². The van der Waals surface area contributed by atoms with Crippen LogP contribution in [-0.2, 0) is 34.1 Å². The van der Waals surface area contributed by atoms with Crippen molar-refractivity contribution < 1.29 is 35.1 Å². The van der Waals surface area contributed by atoms with Crippen LogP contribution in [0.2, 0.25) is 0 Å². The van der Waals surface area contributed by atoms with Crippen LogP contribution in [-0.4, -0.2) is 35.1 Å². The smallest absolute Gasteiger partial charge is 0.294 e. The molecule has 1 aromatic heterocycles. The number of imidazole rings is 1. The Bertz CT molecular complexity index is 943. The first-order chi connectivity index (χ1) is 12.4. The summed E-state index contributed by atoms with van der Waals surface area (Å²) in [6.07, 6.45) is 9.44. The highest BCUT2D eigenvalue weighted by Gasteiger charge is 2.17. The summed E-state index contributed by atoms with van der Waals surface area (Å²) < 4.78 is 68.5. The molecule has 154 valence electrons. The highest BCUT2D eigenvalue weighted by molar-refractivity contribution is 7.85. The summed E-state index contributed by atoms with van der Waals surface area (Å²) in [5.41, 5.74) is 1.80. The minimum Gasteiger partial charge on any atom is -0.726 e. The standard InChI is InChI=1S/C16H24N2O3S.H2O4S/c1-3-4-5-6-7-8-11-18-13-17(2)16-12-14(22(19,20)21)9-10-15(16)18;1-5(2,3)4/h9-10,12-13H,3-8,11H2,1-2H3;(H2,1,2,3,4). The molecule has 0 saturated heterocycles. The summed E-state index contributed by atoms with van der Waals surface area (Å²) in [6, 6.07) is 4.73. The molecule has 0 bridgehead atoms. The molecule has 27 heavy (non-hydrogen) atoms. The van der Waals surface area contributed by atoms with Crippen molar-refractivity contribution in [1.82, 2.24) is 4.57 Å². The molecule has 0 unspecified atom stereocenters. The van der Waals surface area contributed by atoms with Crippen molar-refractivity contribution >= 4 is 31.6 Å². The van der Waals surface area contributed by atoms with Crippen LogP contribution in [0.4, 0.5) is 0 Å². The number of nitrogens with zero attached hydrogens (tertiary/aromatic N) is 2. The Balaban J connectivity index is 0.000000646. The number of fused-ring (bicyclic) bond motifs is 1. The van der Waals surface area contributed by atoms with Gasteiger partial charge in [0.05, 0.1) is 18.5 Å². The first kappa shape index (κ1) is 23.5. The van der Waals surface area contributed by atoms with Crippen molar-refractivity contribution in [2.24, 2.45) is 7.05 Å². The molecule has 0 atom stereocenters. The molecule has 0 aliphatic carbocycles. The topological polar surface area (TPSA) is 141 Å². The molecular formula is C16H26N2O7S2. The van der Waals surface area contributed by atoms with Crippen LogP contribution in [0.25, 0.3) is 11.0 Å². The summed E-state index contributed by atoms with van der Waals surface area (Å²) in [6.45, 7) is 3.14. The van der Waals surface area contributed by atoms with Gasteiger partial charge < -0.3 is 4.55 Å². The van der Waals surface area contributed by atoms with E-state index < -0.39 is 20.5 Å². The van der Waals surface area contributed by atoms with E-state index >= 15 is 0 Å². The Morgan fingerprint density at radius 3 is 2.15 bits per heavy atom. The van der Waals surface area contributed by atoms with Crippen molar-refractivity contribution in [2.45, 2.75) is 56.9 Å². The van der Waals surface area contributed by atoms with Crippen LogP contribution >= 0.6 is 0 Å². The molecule has 0 saturated carbocycles. The predicted octanol–water partition coefficient (Wildman–Crippen LogP) is 2.08. The van der Waals surface area contributed by atoms with E-state index in [1.165, 1.54) is 44.2 Å². The molecular weight excluding hydrogens is 396 g/mol. The van der Waals surface area contributed by atoms with Gasteiger partial charge in [-0.05, 0) is 25.0 Å². The number of unbranched alkanes of at least 4 members (excludes halogenated alkanes) is 5. The molecule has 0 aliphatic heterocycles. The number of aromatic nitrogens is 2. The molecule has 2 aromatic rings. The van der Waals surface area contributed by atoms with Gasteiger partial charge in [-0.2, -0.15) is 8.42 Å². The lowest BCUT2D eigenvalue weighted by Gasteiger charge is -2.00. The molecule has 0 radical (unpaired) electrons. The average molecular weight is 423 g/mol. The molecule has 0 fully saturated rings. The first-order valence-electron chi connectivity index (χ1n) is 8.57. The van der Waals surface area contributed by atoms with Crippen molar-refractivity contribution in [3.8, 4) is 0 Å². The van der Waals surface area contributed by atoms with E-state index in [0.29, 0.717) is 0 Å². The third-order valence-electron chi connectivity index (χ3n) is 4.00. The highest BCUT2D eigenvalue weighted by atomic mass is 32.3. The lowest BCUT2D eigenvalue weighted by molar-refractivity contribution is -0.672. The summed E-state index contributed by atoms with van der Waals surface area (Å²) >= 11 is 0. The van der Waals surface area contributed by atoms with Gasteiger partial charge in [0.1, 0.15) is 0 Å². The monoisotopic (exact) mass is 422 g/mol. The Hall–Kier alpha value is -1.53. The minimum atomic E-state index is -4.92. The largest absolute Gasteiger partial charge is 0.726 e. The summed E-state index contributed by atoms with van der Waals surface area (Å²) in [4.78, 5) is -0.0621. The summed E-state index contributed by atoms with van der Waals surface area (Å²) in [7, 11) is -7.19. The van der Waals surface area contributed by atoms with E-state index in [-0.39, 0.29) is 4.90 Å².